The first-order valence-corrected chi connectivity index (χ1v) is 5.52. The van der Waals surface area contributed by atoms with Crippen LogP contribution in [0, 0.1) is 0 Å². The van der Waals surface area contributed by atoms with Crippen molar-refractivity contribution in [2.24, 2.45) is 0 Å². The molecule has 1 unspecified atom stereocenters. The van der Waals surface area contributed by atoms with Gasteiger partial charge in [0.05, 0.1) is 6.42 Å². The highest BCUT2D eigenvalue weighted by Gasteiger charge is 2.13. The van der Waals surface area contributed by atoms with E-state index in [1.165, 1.54) is 0 Å². The van der Waals surface area contributed by atoms with E-state index in [1.54, 1.807) is 0 Å². The van der Waals surface area contributed by atoms with Crippen LogP contribution in [0.15, 0.2) is 24.3 Å². The highest BCUT2D eigenvalue weighted by molar-refractivity contribution is 5.70. The van der Waals surface area contributed by atoms with Crippen LogP contribution in [-0.4, -0.2) is 30.2 Å². The minimum atomic E-state index is -0.791. The summed E-state index contributed by atoms with van der Waals surface area (Å²) >= 11 is 0. The molecule has 2 rings (SSSR count). The third-order valence-electron chi connectivity index (χ3n) is 2.74. The molecule has 1 aliphatic heterocycles. The molecule has 0 spiro atoms. The number of benzene rings is 1. The van der Waals surface area contributed by atoms with Crippen LogP contribution in [0.3, 0.4) is 0 Å². The fraction of sp³-hybridized carbons (Fsp3) is 0.417. The molecule has 1 aliphatic rings. The molecule has 1 fully saturated rings. The molecule has 0 bridgehead atoms. The van der Waals surface area contributed by atoms with Crippen molar-refractivity contribution in [2.75, 3.05) is 18.4 Å². The summed E-state index contributed by atoms with van der Waals surface area (Å²) in [5.41, 5.74) is 1.89. The van der Waals surface area contributed by atoms with Gasteiger partial charge in [-0.2, -0.15) is 0 Å². The van der Waals surface area contributed by atoms with Crippen LogP contribution < -0.4 is 10.6 Å². The van der Waals surface area contributed by atoms with E-state index in [-0.39, 0.29) is 6.42 Å². The fourth-order valence-corrected chi connectivity index (χ4v) is 1.91. The van der Waals surface area contributed by atoms with Crippen LogP contribution in [0.4, 0.5) is 5.69 Å². The van der Waals surface area contributed by atoms with Gasteiger partial charge in [0.15, 0.2) is 0 Å². The van der Waals surface area contributed by atoms with Gasteiger partial charge in [-0.1, -0.05) is 12.1 Å². The smallest absolute Gasteiger partial charge is 0.307 e. The lowest BCUT2D eigenvalue weighted by molar-refractivity contribution is -0.136. The average molecular weight is 220 g/mol. The lowest BCUT2D eigenvalue weighted by Crippen LogP contribution is -2.21. The molecule has 1 heterocycles. The van der Waals surface area contributed by atoms with Gasteiger partial charge in [-0.05, 0) is 30.7 Å². The Morgan fingerprint density at radius 2 is 2.19 bits per heavy atom. The SMILES string of the molecule is O=C(O)Cc1ccc(NC2CCNC2)cc1. The highest BCUT2D eigenvalue weighted by atomic mass is 16.4. The minimum Gasteiger partial charge on any atom is -0.481 e. The quantitative estimate of drug-likeness (QED) is 0.710. The molecule has 4 nitrogen and oxygen atoms in total. The van der Waals surface area contributed by atoms with E-state index in [0.717, 1.165) is 30.8 Å². The van der Waals surface area contributed by atoms with Crippen LogP contribution in [-0.2, 0) is 11.2 Å². The zero-order valence-electron chi connectivity index (χ0n) is 9.07. The number of nitrogens with one attached hydrogen (secondary N) is 2. The van der Waals surface area contributed by atoms with Crippen LogP contribution in [0.1, 0.15) is 12.0 Å². The summed E-state index contributed by atoms with van der Waals surface area (Å²) in [7, 11) is 0. The standard InChI is InChI=1S/C12H16N2O2/c15-12(16)7-9-1-3-10(4-2-9)14-11-5-6-13-8-11/h1-4,11,13-14H,5-8H2,(H,15,16). The van der Waals surface area contributed by atoms with Crippen LogP contribution in [0.2, 0.25) is 0 Å². The van der Waals surface area contributed by atoms with Crippen molar-refractivity contribution in [3.63, 3.8) is 0 Å². The van der Waals surface area contributed by atoms with Crippen molar-refractivity contribution in [1.82, 2.24) is 5.32 Å². The van der Waals surface area contributed by atoms with Crippen molar-refractivity contribution < 1.29 is 9.90 Å². The van der Waals surface area contributed by atoms with Crippen LogP contribution in [0.25, 0.3) is 0 Å². The van der Waals surface area contributed by atoms with Crippen LogP contribution in [0.5, 0.6) is 0 Å². The summed E-state index contributed by atoms with van der Waals surface area (Å²) in [5, 5.41) is 15.3. The Hall–Kier alpha value is -1.55. The third-order valence-corrected chi connectivity index (χ3v) is 2.74. The molecule has 16 heavy (non-hydrogen) atoms. The van der Waals surface area contributed by atoms with E-state index < -0.39 is 5.97 Å². The highest BCUT2D eigenvalue weighted by Crippen LogP contribution is 2.13. The summed E-state index contributed by atoms with van der Waals surface area (Å²) < 4.78 is 0. The van der Waals surface area contributed by atoms with E-state index in [2.05, 4.69) is 10.6 Å². The lowest BCUT2D eigenvalue weighted by Gasteiger charge is -2.12. The molecule has 1 aromatic carbocycles. The summed E-state index contributed by atoms with van der Waals surface area (Å²) in [4.78, 5) is 10.5. The number of rotatable bonds is 4. The van der Waals surface area contributed by atoms with E-state index in [0.29, 0.717) is 6.04 Å². The second kappa shape index (κ2) is 4.99. The topological polar surface area (TPSA) is 61.4 Å². The molecule has 1 aromatic rings. The normalized spacial score (nSPS) is 19.6. The molecule has 3 N–H and O–H groups in total. The fourth-order valence-electron chi connectivity index (χ4n) is 1.91. The van der Waals surface area contributed by atoms with Gasteiger partial charge in [0.25, 0.3) is 0 Å². The maximum atomic E-state index is 10.5. The second-order valence-corrected chi connectivity index (χ2v) is 4.10. The van der Waals surface area contributed by atoms with Crippen molar-refractivity contribution in [3.8, 4) is 0 Å². The number of anilines is 1. The number of hydrogen-bond acceptors (Lipinski definition) is 3. The number of hydrogen-bond donors (Lipinski definition) is 3. The van der Waals surface area contributed by atoms with Gasteiger partial charge < -0.3 is 15.7 Å². The predicted molar refractivity (Wildman–Crippen MR) is 62.7 cm³/mol. The molecule has 0 amide bonds. The van der Waals surface area contributed by atoms with E-state index >= 15 is 0 Å². The Labute approximate surface area is 94.7 Å². The Bertz CT molecular complexity index is 356. The number of carbonyl (C=O) groups is 1. The molecule has 1 saturated heterocycles. The molecule has 0 saturated carbocycles. The Morgan fingerprint density at radius 3 is 2.75 bits per heavy atom. The predicted octanol–water partition coefficient (Wildman–Crippen LogP) is 1.09. The Balaban J connectivity index is 1.93. The zero-order chi connectivity index (χ0) is 11.4. The van der Waals surface area contributed by atoms with Crippen molar-refractivity contribution in [1.29, 1.82) is 0 Å². The maximum absolute atomic E-state index is 10.5. The molecule has 1 atom stereocenters. The van der Waals surface area contributed by atoms with Crippen LogP contribution >= 0.6 is 0 Å². The number of aliphatic carboxylic acids is 1. The van der Waals surface area contributed by atoms with Crippen molar-refractivity contribution in [2.45, 2.75) is 18.9 Å². The largest absolute Gasteiger partial charge is 0.481 e. The summed E-state index contributed by atoms with van der Waals surface area (Å²) in [6.07, 6.45) is 1.22. The first kappa shape index (κ1) is 11.0. The monoisotopic (exact) mass is 220 g/mol. The van der Waals surface area contributed by atoms with E-state index in [9.17, 15) is 4.79 Å². The zero-order valence-corrected chi connectivity index (χ0v) is 9.07. The molecule has 0 radical (unpaired) electrons. The number of carboxylic acids is 1. The minimum absolute atomic E-state index is 0.0886. The molecule has 0 aliphatic carbocycles. The van der Waals surface area contributed by atoms with E-state index in [1.807, 2.05) is 24.3 Å². The van der Waals surface area contributed by atoms with Gasteiger partial charge in [0, 0.05) is 18.3 Å². The molecular weight excluding hydrogens is 204 g/mol. The lowest BCUT2D eigenvalue weighted by atomic mass is 10.1. The molecule has 0 aromatic heterocycles. The first-order valence-electron chi connectivity index (χ1n) is 5.52. The van der Waals surface area contributed by atoms with Gasteiger partial charge in [-0.15, -0.1) is 0 Å². The second-order valence-electron chi connectivity index (χ2n) is 4.10. The molecular formula is C12H16N2O2. The van der Waals surface area contributed by atoms with Gasteiger partial charge >= 0.3 is 5.97 Å². The first-order chi connectivity index (χ1) is 7.74. The Morgan fingerprint density at radius 1 is 1.44 bits per heavy atom. The molecule has 4 heteroatoms. The van der Waals surface area contributed by atoms with Gasteiger partial charge in [-0.25, -0.2) is 0 Å². The summed E-state index contributed by atoms with van der Waals surface area (Å²) in [6, 6.07) is 8.09. The van der Waals surface area contributed by atoms with E-state index in [4.69, 9.17) is 5.11 Å². The third kappa shape index (κ3) is 2.97. The van der Waals surface area contributed by atoms with Gasteiger partial charge in [0.1, 0.15) is 0 Å². The summed E-state index contributed by atoms with van der Waals surface area (Å²) in [5.74, 6) is -0.791. The van der Waals surface area contributed by atoms with Gasteiger partial charge in [0.2, 0.25) is 0 Å². The Kier molecular flexibility index (Phi) is 3.41. The van der Waals surface area contributed by atoms with Crippen molar-refractivity contribution in [3.05, 3.63) is 29.8 Å². The average Bonchev–Trinajstić information content (AvgIpc) is 2.73. The molecule has 86 valence electrons. The van der Waals surface area contributed by atoms with Crippen molar-refractivity contribution >= 4 is 11.7 Å². The summed E-state index contributed by atoms with van der Waals surface area (Å²) in [6.45, 7) is 2.06. The maximum Gasteiger partial charge on any atom is 0.307 e. The van der Waals surface area contributed by atoms with Gasteiger partial charge in [-0.3, -0.25) is 4.79 Å². The number of carboxylic acid groups (broad SMARTS) is 1.